The Morgan fingerprint density at radius 2 is 1.81 bits per heavy atom. The molecule has 0 aliphatic carbocycles. The standard InChI is InChI=1S/C22H22N2O3/c1-4-15-10-11-18-17(12-15)21(27-3)14(2)22(23)24(18)13-19(25)20(26)16-8-6-5-7-9-16/h5-12,23H,4,13H2,1-3H3/p+1. The number of carbonyl (C=O) groups excluding carboxylic acids is 2. The molecular formula is C22H23N2O3+. The number of aryl methyl sites for hydroxylation is 1. The van der Waals surface area contributed by atoms with Crippen LogP contribution in [-0.4, -0.2) is 18.7 Å². The maximum absolute atomic E-state index is 12.6. The van der Waals surface area contributed by atoms with Crippen molar-refractivity contribution in [2.75, 3.05) is 12.8 Å². The van der Waals surface area contributed by atoms with Gasteiger partial charge >= 0.3 is 0 Å². The Balaban J connectivity index is 2.10. The number of ketones is 2. The number of hydrogen-bond donors (Lipinski definition) is 1. The van der Waals surface area contributed by atoms with E-state index in [1.165, 1.54) is 0 Å². The van der Waals surface area contributed by atoms with Gasteiger partial charge in [0.05, 0.1) is 18.1 Å². The second-order valence-corrected chi connectivity index (χ2v) is 6.45. The highest BCUT2D eigenvalue weighted by molar-refractivity contribution is 6.43. The minimum Gasteiger partial charge on any atom is -0.495 e. The fraction of sp³-hybridized carbons (Fsp3) is 0.227. The highest BCUT2D eigenvalue weighted by Crippen LogP contribution is 2.31. The number of anilines is 1. The Labute approximate surface area is 158 Å². The normalized spacial score (nSPS) is 10.8. The summed E-state index contributed by atoms with van der Waals surface area (Å²) in [5, 5.41) is 0.878. The molecule has 0 unspecified atom stereocenters. The first kappa shape index (κ1) is 18.6. The Kier molecular flexibility index (Phi) is 5.21. The van der Waals surface area contributed by atoms with Crippen LogP contribution in [0, 0.1) is 6.92 Å². The predicted octanol–water partition coefficient (Wildman–Crippen LogP) is 3.04. The fourth-order valence-electron chi connectivity index (χ4n) is 3.27. The summed E-state index contributed by atoms with van der Waals surface area (Å²) in [4.78, 5) is 25.1. The van der Waals surface area contributed by atoms with E-state index in [2.05, 4.69) is 6.92 Å². The average molecular weight is 363 g/mol. The van der Waals surface area contributed by atoms with Gasteiger partial charge in [-0.2, -0.15) is 0 Å². The number of aromatic nitrogens is 1. The second-order valence-electron chi connectivity index (χ2n) is 6.45. The van der Waals surface area contributed by atoms with Crippen LogP contribution in [0.5, 0.6) is 5.75 Å². The molecule has 5 nitrogen and oxygen atoms in total. The SMILES string of the molecule is CCc1ccc2c(c1)c(OC)c(C)c(N)[n+]2CC(=O)C(=O)c1ccccc1. The fourth-order valence-corrected chi connectivity index (χ4v) is 3.27. The van der Waals surface area contributed by atoms with E-state index in [9.17, 15) is 9.59 Å². The van der Waals surface area contributed by atoms with E-state index < -0.39 is 11.6 Å². The van der Waals surface area contributed by atoms with Gasteiger partial charge in [0.15, 0.2) is 6.54 Å². The lowest BCUT2D eigenvalue weighted by atomic mass is 10.0. The van der Waals surface area contributed by atoms with Crippen LogP contribution in [0.1, 0.15) is 28.4 Å². The van der Waals surface area contributed by atoms with Crippen LogP contribution in [0.4, 0.5) is 5.82 Å². The number of methoxy groups -OCH3 is 1. The topological polar surface area (TPSA) is 73.3 Å². The van der Waals surface area contributed by atoms with Crippen molar-refractivity contribution in [2.45, 2.75) is 26.8 Å². The van der Waals surface area contributed by atoms with Gasteiger partial charge in [0.2, 0.25) is 11.6 Å². The molecule has 3 aromatic rings. The van der Waals surface area contributed by atoms with Gasteiger partial charge in [-0.1, -0.05) is 43.3 Å². The molecule has 5 heteroatoms. The quantitative estimate of drug-likeness (QED) is 0.415. The van der Waals surface area contributed by atoms with Crippen molar-refractivity contribution in [2.24, 2.45) is 0 Å². The summed E-state index contributed by atoms with van der Waals surface area (Å²) in [6.07, 6.45) is 0.883. The third-order valence-corrected chi connectivity index (χ3v) is 4.82. The third kappa shape index (κ3) is 3.40. The van der Waals surface area contributed by atoms with Crippen molar-refractivity contribution in [3.05, 3.63) is 65.2 Å². The van der Waals surface area contributed by atoms with E-state index in [1.807, 2.05) is 25.1 Å². The van der Waals surface area contributed by atoms with Crippen LogP contribution in [0.15, 0.2) is 48.5 Å². The van der Waals surface area contributed by atoms with E-state index in [4.69, 9.17) is 10.5 Å². The van der Waals surface area contributed by atoms with Crippen LogP contribution in [0.2, 0.25) is 0 Å². The summed E-state index contributed by atoms with van der Waals surface area (Å²) in [6.45, 7) is 3.81. The average Bonchev–Trinajstić information content (AvgIpc) is 2.71. The van der Waals surface area contributed by atoms with Gasteiger partial charge in [-0.3, -0.25) is 15.3 Å². The van der Waals surface area contributed by atoms with E-state index in [0.717, 1.165) is 28.5 Å². The first-order valence-corrected chi connectivity index (χ1v) is 8.89. The van der Waals surface area contributed by atoms with Crippen LogP contribution in [0.3, 0.4) is 0 Å². The lowest BCUT2D eigenvalue weighted by Crippen LogP contribution is -2.44. The Bertz CT molecular complexity index is 1030. The number of nitrogens with two attached hydrogens (primary N) is 1. The first-order valence-electron chi connectivity index (χ1n) is 8.89. The van der Waals surface area contributed by atoms with Crippen molar-refractivity contribution < 1.29 is 18.9 Å². The molecule has 0 aliphatic heterocycles. The summed E-state index contributed by atoms with van der Waals surface area (Å²) in [5.41, 5.74) is 9.35. The maximum Gasteiger partial charge on any atom is 0.279 e. The van der Waals surface area contributed by atoms with Gasteiger partial charge in [0.1, 0.15) is 11.3 Å². The molecule has 0 amide bonds. The smallest absolute Gasteiger partial charge is 0.279 e. The minimum absolute atomic E-state index is 0.119. The van der Waals surface area contributed by atoms with Crippen LogP contribution in [-0.2, 0) is 17.8 Å². The van der Waals surface area contributed by atoms with E-state index in [-0.39, 0.29) is 6.54 Å². The Morgan fingerprint density at radius 1 is 1.11 bits per heavy atom. The summed E-state index contributed by atoms with van der Waals surface area (Å²) < 4.78 is 7.26. The highest BCUT2D eigenvalue weighted by Gasteiger charge is 2.25. The highest BCUT2D eigenvalue weighted by atomic mass is 16.5. The molecule has 0 aliphatic rings. The Morgan fingerprint density at radius 3 is 2.44 bits per heavy atom. The molecule has 138 valence electrons. The molecule has 27 heavy (non-hydrogen) atoms. The zero-order valence-electron chi connectivity index (χ0n) is 15.8. The van der Waals surface area contributed by atoms with Crippen LogP contribution < -0.4 is 15.0 Å². The molecule has 1 heterocycles. The monoisotopic (exact) mass is 363 g/mol. The molecule has 1 aromatic heterocycles. The third-order valence-electron chi connectivity index (χ3n) is 4.82. The molecule has 0 spiro atoms. The molecule has 0 atom stereocenters. The molecule has 2 aromatic carbocycles. The minimum atomic E-state index is -0.519. The van der Waals surface area contributed by atoms with Gasteiger partial charge in [0, 0.05) is 5.56 Å². The number of nitrogen functional groups attached to an aromatic ring is 1. The first-order chi connectivity index (χ1) is 13.0. The van der Waals surface area contributed by atoms with Gasteiger partial charge in [-0.25, -0.2) is 4.57 Å². The number of nitrogens with zero attached hydrogens (tertiary/aromatic N) is 1. The van der Waals surface area contributed by atoms with Crippen molar-refractivity contribution in [3.8, 4) is 5.75 Å². The number of benzene rings is 2. The summed E-state index contributed by atoms with van der Waals surface area (Å²) in [6, 6.07) is 14.5. The van der Waals surface area contributed by atoms with E-state index in [1.54, 1.807) is 42.0 Å². The number of carbonyl (C=O) groups is 2. The molecule has 0 radical (unpaired) electrons. The van der Waals surface area contributed by atoms with Gasteiger partial charge in [-0.05, 0) is 31.0 Å². The number of pyridine rings is 1. The molecular weight excluding hydrogens is 340 g/mol. The molecule has 0 saturated carbocycles. The zero-order valence-corrected chi connectivity index (χ0v) is 15.8. The number of ether oxygens (including phenoxy) is 1. The number of hydrogen-bond acceptors (Lipinski definition) is 4. The van der Waals surface area contributed by atoms with E-state index >= 15 is 0 Å². The molecule has 0 fully saturated rings. The van der Waals surface area contributed by atoms with Crippen molar-refractivity contribution in [3.63, 3.8) is 0 Å². The van der Waals surface area contributed by atoms with Crippen molar-refractivity contribution in [1.82, 2.24) is 0 Å². The number of fused-ring (bicyclic) bond motifs is 1. The zero-order chi connectivity index (χ0) is 19.6. The number of rotatable bonds is 6. The van der Waals surface area contributed by atoms with Crippen molar-refractivity contribution in [1.29, 1.82) is 0 Å². The summed E-state index contributed by atoms with van der Waals surface area (Å²) in [7, 11) is 1.61. The molecule has 0 saturated heterocycles. The predicted molar refractivity (Wildman–Crippen MR) is 105 cm³/mol. The molecule has 2 N–H and O–H groups in total. The summed E-state index contributed by atoms with van der Waals surface area (Å²) in [5.74, 6) is 0.0753. The summed E-state index contributed by atoms with van der Waals surface area (Å²) >= 11 is 0. The largest absolute Gasteiger partial charge is 0.495 e. The van der Waals surface area contributed by atoms with Gasteiger partial charge in [0.25, 0.3) is 5.82 Å². The van der Waals surface area contributed by atoms with Gasteiger partial charge < -0.3 is 4.74 Å². The number of Topliss-reactive ketones (excluding diaryl/α,β-unsaturated/α-hetero) is 2. The lowest BCUT2D eigenvalue weighted by Gasteiger charge is -2.14. The van der Waals surface area contributed by atoms with Crippen molar-refractivity contribution >= 4 is 28.3 Å². The molecule has 3 rings (SSSR count). The van der Waals surface area contributed by atoms with E-state index in [0.29, 0.717) is 17.1 Å². The maximum atomic E-state index is 12.6. The second kappa shape index (κ2) is 7.58. The van der Waals surface area contributed by atoms with Gasteiger partial charge in [-0.15, -0.1) is 0 Å². The molecule has 0 bridgehead atoms. The van der Waals surface area contributed by atoms with Crippen LogP contribution in [0.25, 0.3) is 10.9 Å². The van der Waals surface area contributed by atoms with Crippen LogP contribution >= 0.6 is 0 Å². The lowest BCUT2D eigenvalue weighted by molar-refractivity contribution is -0.643. The Hall–Kier alpha value is -3.21.